The molecule has 0 unspecified atom stereocenters. The van der Waals surface area contributed by atoms with Crippen LogP contribution in [0.5, 0.6) is 0 Å². The maximum absolute atomic E-state index is 12.9. The minimum Gasteiger partial charge on any atom is -0.342 e. The Morgan fingerprint density at radius 1 is 1.00 bits per heavy atom. The molecule has 1 heterocycles. The lowest BCUT2D eigenvalue weighted by molar-refractivity contribution is -0.143. The van der Waals surface area contributed by atoms with E-state index in [1.165, 1.54) is 19.3 Å². The molecule has 1 rings (SSSR count). The highest BCUT2D eigenvalue weighted by Crippen LogP contribution is 2.32. The Kier molecular flexibility index (Phi) is 7.44. The molecule has 0 saturated carbocycles. The van der Waals surface area contributed by atoms with Crippen molar-refractivity contribution in [2.75, 3.05) is 19.6 Å². The maximum Gasteiger partial charge on any atom is 0.230 e. The van der Waals surface area contributed by atoms with E-state index < -0.39 is 0 Å². The van der Waals surface area contributed by atoms with Crippen LogP contribution in [0, 0.1) is 5.41 Å². The lowest BCUT2D eigenvalue weighted by atomic mass is 9.77. The van der Waals surface area contributed by atoms with Gasteiger partial charge in [0.2, 0.25) is 5.91 Å². The molecule has 0 spiro atoms. The molecule has 1 fully saturated rings. The largest absolute Gasteiger partial charge is 0.342 e. The van der Waals surface area contributed by atoms with Gasteiger partial charge in [-0.25, -0.2) is 0 Å². The van der Waals surface area contributed by atoms with Crippen molar-refractivity contribution in [3.63, 3.8) is 0 Å². The molecule has 112 valence electrons. The van der Waals surface area contributed by atoms with E-state index in [2.05, 4.69) is 18.7 Å². The standard InChI is InChI=1S/C16H32N2O/c1-3-10-16(14-17,11-4-2)15(19)18-12-8-6-5-7-9-13-18/h3-14,17H2,1-2H3. The highest BCUT2D eigenvalue weighted by atomic mass is 16.2. The van der Waals surface area contributed by atoms with Crippen molar-refractivity contribution in [1.82, 2.24) is 4.90 Å². The van der Waals surface area contributed by atoms with Crippen LogP contribution in [0.2, 0.25) is 0 Å². The van der Waals surface area contributed by atoms with Crippen LogP contribution < -0.4 is 5.73 Å². The second kappa shape index (κ2) is 8.57. The number of amides is 1. The predicted octanol–water partition coefficient (Wildman–Crippen LogP) is 3.32. The number of carbonyl (C=O) groups is 1. The fourth-order valence-corrected chi connectivity index (χ4v) is 3.37. The first-order chi connectivity index (χ1) is 9.20. The topological polar surface area (TPSA) is 46.3 Å². The van der Waals surface area contributed by atoms with Gasteiger partial charge in [0.1, 0.15) is 0 Å². The summed E-state index contributed by atoms with van der Waals surface area (Å²) < 4.78 is 0. The smallest absolute Gasteiger partial charge is 0.230 e. The molecular formula is C16H32N2O. The van der Waals surface area contributed by atoms with Crippen molar-refractivity contribution in [3.05, 3.63) is 0 Å². The quantitative estimate of drug-likeness (QED) is 0.803. The predicted molar refractivity (Wildman–Crippen MR) is 81.0 cm³/mol. The molecule has 0 bridgehead atoms. The first-order valence-corrected chi connectivity index (χ1v) is 8.19. The Hall–Kier alpha value is -0.570. The average Bonchev–Trinajstić information content (AvgIpc) is 2.37. The molecule has 3 heteroatoms. The summed E-state index contributed by atoms with van der Waals surface area (Å²) in [7, 11) is 0. The highest BCUT2D eigenvalue weighted by molar-refractivity contribution is 5.83. The molecule has 1 aliphatic heterocycles. The number of hydrogen-bond acceptors (Lipinski definition) is 2. The molecule has 0 aromatic carbocycles. The van der Waals surface area contributed by atoms with Crippen LogP contribution in [0.3, 0.4) is 0 Å². The second-order valence-electron chi connectivity index (χ2n) is 6.04. The van der Waals surface area contributed by atoms with Crippen molar-refractivity contribution in [3.8, 4) is 0 Å². The van der Waals surface area contributed by atoms with E-state index in [9.17, 15) is 4.79 Å². The van der Waals surface area contributed by atoms with E-state index in [1.807, 2.05) is 0 Å². The van der Waals surface area contributed by atoms with Gasteiger partial charge in [-0.1, -0.05) is 46.0 Å². The van der Waals surface area contributed by atoms with Crippen molar-refractivity contribution in [2.24, 2.45) is 11.1 Å². The van der Waals surface area contributed by atoms with E-state index in [0.717, 1.165) is 51.6 Å². The molecule has 1 aliphatic rings. The first kappa shape index (κ1) is 16.5. The van der Waals surface area contributed by atoms with E-state index in [1.54, 1.807) is 0 Å². The third kappa shape index (κ3) is 4.48. The molecule has 0 atom stereocenters. The zero-order chi connectivity index (χ0) is 14.1. The van der Waals surface area contributed by atoms with E-state index >= 15 is 0 Å². The molecule has 0 radical (unpaired) electrons. The fourth-order valence-electron chi connectivity index (χ4n) is 3.37. The van der Waals surface area contributed by atoms with Crippen LogP contribution in [0.25, 0.3) is 0 Å². The molecule has 3 nitrogen and oxygen atoms in total. The molecule has 19 heavy (non-hydrogen) atoms. The van der Waals surface area contributed by atoms with Gasteiger partial charge in [0.05, 0.1) is 5.41 Å². The number of nitrogens with two attached hydrogens (primary N) is 1. The fraction of sp³-hybridized carbons (Fsp3) is 0.938. The molecule has 2 N–H and O–H groups in total. The third-order valence-electron chi connectivity index (χ3n) is 4.44. The van der Waals surface area contributed by atoms with Gasteiger partial charge in [-0.3, -0.25) is 4.79 Å². The van der Waals surface area contributed by atoms with Gasteiger partial charge in [-0.2, -0.15) is 0 Å². The molecule has 1 amide bonds. The molecule has 0 aromatic rings. The van der Waals surface area contributed by atoms with Crippen molar-refractivity contribution in [2.45, 2.75) is 71.6 Å². The van der Waals surface area contributed by atoms with Gasteiger partial charge in [0.25, 0.3) is 0 Å². The van der Waals surface area contributed by atoms with Crippen LogP contribution >= 0.6 is 0 Å². The van der Waals surface area contributed by atoms with Crippen LogP contribution in [0.4, 0.5) is 0 Å². The second-order valence-corrected chi connectivity index (χ2v) is 6.04. The van der Waals surface area contributed by atoms with Crippen LogP contribution in [0.1, 0.15) is 71.6 Å². The minimum absolute atomic E-state index is 0.289. The summed E-state index contributed by atoms with van der Waals surface area (Å²) in [5.41, 5.74) is 5.72. The van der Waals surface area contributed by atoms with Gasteiger partial charge in [0.15, 0.2) is 0 Å². The Balaban J connectivity index is 2.77. The Labute approximate surface area is 118 Å². The van der Waals surface area contributed by atoms with Crippen LogP contribution in [0.15, 0.2) is 0 Å². The molecule has 0 aliphatic carbocycles. The van der Waals surface area contributed by atoms with Gasteiger partial charge in [-0.15, -0.1) is 0 Å². The van der Waals surface area contributed by atoms with E-state index in [-0.39, 0.29) is 5.41 Å². The van der Waals surface area contributed by atoms with Gasteiger partial charge in [-0.05, 0) is 25.7 Å². The Bertz CT molecular complexity index is 251. The summed E-state index contributed by atoms with van der Waals surface area (Å²) in [4.78, 5) is 15.1. The van der Waals surface area contributed by atoms with Gasteiger partial charge < -0.3 is 10.6 Å². The molecule has 0 aromatic heterocycles. The Morgan fingerprint density at radius 2 is 1.47 bits per heavy atom. The van der Waals surface area contributed by atoms with Crippen molar-refractivity contribution in [1.29, 1.82) is 0 Å². The van der Waals surface area contributed by atoms with Crippen LogP contribution in [-0.4, -0.2) is 30.4 Å². The third-order valence-corrected chi connectivity index (χ3v) is 4.44. The summed E-state index contributed by atoms with van der Waals surface area (Å²) in [6, 6.07) is 0. The zero-order valence-corrected chi connectivity index (χ0v) is 12.9. The normalized spacial score (nSPS) is 17.9. The van der Waals surface area contributed by atoms with Crippen LogP contribution in [-0.2, 0) is 4.79 Å². The highest BCUT2D eigenvalue weighted by Gasteiger charge is 2.38. The first-order valence-electron chi connectivity index (χ1n) is 8.19. The summed E-state index contributed by atoms with van der Waals surface area (Å²) in [6.45, 7) is 6.69. The number of rotatable bonds is 6. The summed E-state index contributed by atoms with van der Waals surface area (Å²) >= 11 is 0. The maximum atomic E-state index is 12.9. The summed E-state index contributed by atoms with van der Waals surface area (Å²) in [5, 5.41) is 0. The average molecular weight is 268 g/mol. The summed E-state index contributed by atoms with van der Waals surface area (Å²) in [5.74, 6) is 0.334. The number of likely N-dealkylation sites (tertiary alicyclic amines) is 1. The van der Waals surface area contributed by atoms with E-state index in [0.29, 0.717) is 12.5 Å². The zero-order valence-electron chi connectivity index (χ0n) is 12.9. The number of nitrogens with zero attached hydrogens (tertiary/aromatic N) is 1. The summed E-state index contributed by atoms with van der Waals surface area (Å²) in [6.07, 6.45) is 10.1. The monoisotopic (exact) mass is 268 g/mol. The minimum atomic E-state index is -0.289. The number of carbonyl (C=O) groups excluding carboxylic acids is 1. The molecule has 1 saturated heterocycles. The van der Waals surface area contributed by atoms with E-state index in [4.69, 9.17) is 5.73 Å². The SMILES string of the molecule is CCCC(CN)(CCC)C(=O)N1CCCCCCC1. The lowest BCUT2D eigenvalue weighted by Gasteiger charge is -2.37. The van der Waals surface area contributed by atoms with Crippen molar-refractivity contribution < 1.29 is 4.79 Å². The van der Waals surface area contributed by atoms with Gasteiger partial charge >= 0.3 is 0 Å². The lowest BCUT2D eigenvalue weighted by Crippen LogP contribution is -2.49. The number of hydrogen-bond donors (Lipinski definition) is 1. The van der Waals surface area contributed by atoms with Gasteiger partial charge in [0, 0.05) is 19.6 Å². The van der Waals surface area contributed by atoms with Crippen molar-refractivity contribution >= 4 is 5.91 Å². The molecular weight excluding hydrogens is 236 g/mol. The Morgan fingerprint density at radius 3 is 1.89 bits per heavy atom.